The number of phenolic OH excluding ortho intramolecular Hbond substituents is 1. The van der Waals surface area contributed by atoms with Crippen LogP contribution in [-0.2, 0) is 12.0 Å². The van der Waals surface area contributed by atoms with Gasteiger partial charge in [-0.15, -0.1) is 0 Å². The van der Waals surface area contributed by atoms with E-state index in [0.717, 1.165) is 25.1 Å². The van der Waals surface area contributed by atoms with Crippen LogP contribution in [0.15, 0.2) is 48.5 Å². The second-order valence-electron chi connectivity index (χ2n) is 8.11. The Morgan fingerprint density at radius 2 is 1.93 bits per heavy atom. The average molecular weight is 386 g/mol. The van der Waals surface area contributed by atoms with E-state index in [1.807, 2.05) is 12.1 Å². The molecule has 1 fully saturated rings. The first-order valence-corrected chi connectivity index (χ1v) is 10.7. The number of phenols is 1. The SMILES string of the molecule is COc1cc(CNCCC2(c3ccccc3)CCSC(C)(C)C2)ccc1O. The van der Waals surface area contributed by atoms with Gasteiger partial charge in [-0.2, -0.15) is 11.8 Å². The zero-order valence-electron chi connectivity index (χ0n) is 16.6. The first kappa shape index (κ1) is 20.1. The maximum atomic E-state index is 9.74. The summed E-state index contributed by atoms with van der Waals surface area (Å²) in [6, 6.07) is 16.6. The molecular formula is C23H31NO2S. The van der Waals surface area contributed by atoms with Gasteiger partial charge in [-0.05, 0) is 60.2 Å². The Labute approximate surface area is 167 Å². The fourth-order valence-corrected chi connectivity index (χ4v) is 5.69. The Balaban J connectivity index is 1.65. The zero-order valence-corrected chi connectivity index (χ0v) is 17.4. The van der Waals surface area contributed by atoms with Gasteiger partial charge in [-0.3, -0.25) is 0 Å². The summed E-state index contributed by atoms with van der Waals surface area (Å²) in [5.74, 6) is 1.93. The van der Waals surface area contributed by atoms with Crippen LogP contribution in [0.4, 0.5) is 0 Å². The predicted molar refractivity (Wildman–Crippen MR) is 115 cm³/mol. The number of thioether (sulfide) groups is 1. The molecule has 0 aliphatic carbocycles. The van der Waals surface area contributed by atoms with E-state index < -0.39 is 0 Å². The van der Waals surface area contributed by atoms with E-state index in [1.54, 1.807) is 13.2 Å². The molecule has 2 aromatic carbocycles. The summed E-state index contributed by atoms with van der Waals surface area (Å²) in [5, 5.41) is 13.3. The minimum atomic E-state index is 0.186. The highest BCUT2D eigenvalue weighted by Crippen LogP contribution is 2.49. The van der Waals surface area contributed by atoms with Crippen LogP contribution in [0.1, 0.15) is 44.2 Å². The van der Waals surface area contributed by atoms with Gasteiger partial charge in [0.2, 0.25) is 0 Å². The topological polar surface area (TPSA) is 41.5 Å². The molecule has 3 nitrogen and oxygen atoms in total. The van der Waals surface area contributed by atoms with E-state index in [-0.39, 0.29) is 11.2 Å². The van der Waals surface area contributed by atoms with Crippen molar-refractivity contribution < 1.29 is 9.84 Å². The van der Waals surface area contributed by atoms with Crippen molar-refractivity contribution in [2.24, 2.45) is 0 Å². The quantitative estimate of drug-likeness (QED) is 0.649. The second kappa shape index (κ2) is 8.57. The van der Waals surface area contributed by atoms with Gasteiger partial charge >= 0.3 is 0 Å². The molecule has 1 atom stereocenters. The molecule has 2 N–H and O–H groups in total. The van der Waals surface area contributed by atoms with E-state index in [9.17, 15) is 5.11 Å². The Morgan fingerprint density at radius 1 is 1.15 bits per heavy atom. The predicted octanol–water partition coefficient (Wildman–Crippen LogP) is 5.12. The van der Waals surface area contributed by atoms with Crippen LogP contribution in [-0.4, -0.2) is 29.3 Å². The molecule has 1 aliphatic rings. The number of aromatic hydroxyl groups is 1. The van der Waals surface area contributed by atoms with Gasteiger partial charge in [0, 0.05) is 11.3 Å². The molecule has 0 saturated carbocycles. The van der Waals surface area contributed by atoms with E-state index >= 15 is 0 Å². The highest BCUT2D eigenvalue weighted by Gasteiger charge is 2.41. The Morgan fingerprint density at radius 3 is 2.63 bits per heavy atom. The third kappa shape index (κ3) is 4.99. The number of ether oxygens (including phenoxy) is 1. The van der Waals surface area contributed by atoms with E-state index in [4.69, 9.17) is 4.74 Å². The van der Waals surface area contributed by atoms with Gasteiger partial charge in [0.05, 0.1) is 7.11 Å². The molecule has 1 heterocycles. The summed E-state index contributed by atoms with van der Waals surface area (Å²) < 4.78 is 5.52. The summed E-state index contributed by atoms with van der Waals surface area (Å²) in [6.45, 7) is 6.51. The van der Waals surface area contributed by atoms with E-state index in [0.29, 0.717) is 10.5 Å². The molecule has 0 aromatic heterocycles. The van der Waals surface area contributed by atoms with Gasteiger partial charge in [0.1, 0.15) is 0 Å². The first-order chi connectivity index (χ1) is 12.9. The van der Waals surface area contributed by atoms with Crippen molar-refractivity contribution in [2.45, 2.75) is 49.8 Å². The van der Waals surface area contributed by atoms with Crippen LogP contribution >= 0.6 is 11.8 Å². The smallest absolute Gasteiger partial charge is 0.160 e. The summed E-state index contributed by atoms with van der Waals surface area (Å²) >= 11 is 2.10. The molecule has 4 heteroatoms. The van der Waals surface area contributed by atoms with Gasteiger partial charge < -0.3 is 15.2 Å². The van der Waals surface area contributed by atoms with Crippen LogP contribution in [0, 0.1) is 0 Å². The Bertz CT molecular complexity index is 747. The molecule has 146 valence electrons. The van der Waals surface area contributed by atoms with E-state index in [2.05, 4.69) is 61.3 Å². The second-order valence-corrected chi connectivity index (χ2v) is 9.92. The molecular weight excluding hydrogens is 354 g/mol. The highest BCUT2D eigenvalue weighted by atomic mass is 32.2. The lowest BCUT2D eigenvalue weighted by Crippen LogP contribution is -2.41. The number of hydrogen-bond donors (Lipinski definition) is 2. The van der Waals surface area contributed by atoms with Crippen LogP contribution < -0.4 is 10.1 Å². The molecule has 0 spiro atoms. The van der Waals surface area contributed by atoms with Gasteiger partial charge in [0.25, 0.3) is 0 Å². The van der Waals surface area contributed by atoms with Crippen molar-refractivity contribution in [3.8, 4) is 11.5 Å². The lowest BCUT2D eigenvalue weighted by molar-refractivity contribution is 0.306. The van der Waals surface area contributed by atoms with Crippen molar-refractivity contribution in [1.29, 1.82) is 0 Å². The number of benzene rings is 2. The molecule has 0 amide bonds. The third-order valence-corrected chi connectivity index (χ3v) is 6.91. The minimum absolute atomic E-state index is 0.186. The van der Waals surface area contributed by atoms with Gasteiger partial charge in [-0.25, -0.2) is 0 Å². The molecule has 1 saturated heterocycles. The number of hydrogen-bond acceptors (Lipinski definition) is 4. The standard InChI is InChI=1S/C23H31NO2S/c1-22(2)17-23(12-14-27-22,19-7-5-4-6-8-19)11-13-24-16-18-9-10-20(25)21(15-18)26-3/h4-10,15,24-25H,11-14,16-17H2,1-3H3. The van der Waals surface area contributed by atoms with Gasteiger partial charge in [-0.1, -0.05) is 50.2 Å². The third-order valence-electron chi connectivity index (χ3n) is 5.58. The van der Waals surface area contributed by atoms with E-state index in [1.165, 1.54) is 24.2 Å². The monoisotopic (exact) mass is 385 g/mol. The Kier molecular flexibility index (Phi) is 6.38. The van der Waals surface area contributed by atoms with Crippen molar-refractivity contribution in [3.63, 3.8) is 0 Å². The maximum absolute atomic E-state index is 9.74. The van der Waals surface area contributed by atoms with Gasteiger partial charge in [0.15, 0.2) is 11.5 Å². The molecule has 0 bridgehead atoms. The van der Waals surface area contributed by atoms with Crippen molar-refractivity contribution in [3.05, 3.63) is 59.7 Å². The molecule has 2 aromatic rings. The number of methoxy groups -OCH3 is 1. The summed E-state index contributed by atoms with van der Waals surface area (Å²) in [7, 11) is 1.58. The van der Waals surface area contributed by atoms with Crippen molar-refractivity contribution in [2.75, 3.05) is 19.4 Å². The number of rotatable bonds is 7. The lowest BCUT2D eigenvalue weighted by atomic mass is 9.69. The fourth-order valence-electron chi connectivity index (χ4n) is 4.27. The van der Waals surface area contributed by atoms with Crippen LogP contribution in [0.3, 0.4) is 0 Å². The molecule has 27 heavy (non-hydrogen) atoms. The maximum Gasteiger partial charge on any atom is 0.160 e. The zero-order chi connectivity index (χ0) is 19.3. The van der Waals surface area contributed by atoms with Crippen LogP contribution in [0.5, 0.6) is 11.5 Å². The van der Waals surface area contributed by atoms with Crippen LogP contribution in [0.2, 0.25) is 0 Å². The molecule has 0 radical (unpaired) electrons. The molecule has 1 aliphatic heterocycles. The van der Waals surface area contributed by atoms with Crippen molar-refractivity contribution in [1.82, 2.24) is 5.32 Å². The average Bonchev–Trinajstić information content (AvgIpc) is 2.66. The Hall–Kier alpha value is -1.65. The summed E-state index contributed by atoms with van der Waals surface area (Å²) in [5.41, 5.74) is 2.85. The lowest BCUT2D eigenvalue weighted by Gasteiger charge is -2.45. The fraction of sp³-hybridized carbons (Fsp3) is 0.478. The molecule has 3 rings (SSSR count). The normalized spacial score (nSPS) is 21.7. The minimum Gasteiger partial charge on any atom is -0.504 e. The molecule has 1 unspecified atom stereocenters. The number of nitrogens with one attached hydrogen (secondary N) is 1. The highest BCUT2D eigenvalue weighted by molar-refractivity contribution is 8.00. The van der Waals surface area contributed by atoms with Crippen LogP contribution in [0.25, 0.3) is 0 Å². The van der Waals surface area contributed by atoms with Crippen molar-refractivity contribution >= 4 is 11.8 Å². The largest absolute Gasteiger partial charge is 0.504 e. The first-order valence-electron chi connectivity index (χ1n) is 9.70. The summed E-state index contributed by atoms with van der Waals surface area (Å²) in [6.07, 6.45) is 3.58. The summed E-state index contributed by atoms with van der Waals surface area (Å²) in [4.78, 5) is 0.